The normalized spacial score (nSPS) is 11.5. The van der Waals surface area contributed by atoms with Gasteiger partial charge in [0.05, 0.1) is 18.1 Å². The lowest BCUT2D eigenvalue weighted by atomic mass is 10.1. The molecule has 2 aromatic carbocycles. The van der Waals surface area contributed by atoms with Crippen LogP contribution >= 0.6 is 0 Å². The molecule has 0 bridgehead atoms. The van der Waals surface area contributed by atoms with Gasteiger partial charge in [-0.15, -0.1) is 0 Å². The second-order valence-electron chi connectivity index (χ2n) is 4.56. The van der Waals surface area contributed by atoms with E-state index in [2.05, 4.69) is 6.07 Å². The van der Waals surface area contributed by atoms with Gasteiger partial charge in [0.1, 0.15) is 18.1 Å². The first-order chi connectivity index (χ1) is 10.2. The van der Waals surface area contributed by atoms with Gasteiger partial charge in [-0.3, -0.25) is 0 Å². The molecular weight excluding hydrogens is 266 g/mol. The molecule has 0 saturated carbocycles. The van der Waals surface area contributed by atoms with E-state index < -0.39 is 6.29 Å². The maximum absolute atomic E-state index is 9.35. The van der Waals surface area contributed by atoms with E-state index in [0.29, 0.717) is 23.7 Å². The van der Waals surface area contributed by atoms with Gasteiger partial charge >= 0.3 is 0 Å². The molecule has 21 heavy (non-hydrogen) atoms. The Bertz CT molecular complexity index is 618. The summed E-state index contributed by atoms with van der Waals surface area (Å²) in [6.07, 6.45) is -0.778. The topological polar surface area (TPSA) is 62.5 Å². The van der Waals surface area contributed by atoms with Crippen LogP contribution in [0.4, 0.5) is 0 Å². The number of nitriles is 1. The lowest BCUT2D eigenvalue weighted by Crippen LogP contribution is -2.11. The molecule has 1 N–H and O–H groups in total. The summed E-state index contributed by atoms with van der Waals surface area (Å²) in [5.74, 6) is 1.07. The van der Waals surface area contributed by atoms with Crippen molar-refractivity contribution in [3.05, 3.63) is 59.7 Å². The molecule has 4 nitrogen and oxygen atoms in total. The molecule has 2 aromatic rings. The predicted octanol–water partition coefficient (Wildman–Crippen LogP) is 3.05. The van der Waals surface area contributed by atoms with E-state index in [-0.39, 0.29) is 6.42 Å². The third-order valence-electron chi connectivity index (χ3n) is 2.88. The fourth-order valence-electron chi connectivity index (χ4n) is 1.96. The second kappa shape index (κ2) is 7.32. The zero-order valence-corrected chi connectivity index (χ0v) is 11.8. The van der Waals surface area contributed by atoms with Crippen LogP contribution in [0.5, 0.6) is 11.5 Å². The molecule has 0 aliphatic carbocycles. The van der Waals surface area contributed by atoms with Crippen molar-refractivity contribution in [3.8, 4) is 17.6 Å². The first-order valence-corrected chi connectivity index (χ1v) is 6.71. The minimum absolute atomic E-state index is 0.160. The van der Waals surface area contributed by atoms with Gasteiger partial charge in [-0.1, -0.05) is 36.4 Å². The van der Waals surface area contributed by atoms with Crippen molar-refractivity contribution in [1.29, 1.82) is 5.26 Å². The Morgan fingerprint density at radius 1 is 1.10 bits per heavy atom. The highest BCUT2D eigenvalue weighted by atomic mass is 16.6. The Labute approximate surface area is 124 Å². The summed E-state index contributed by atoms with van der Waals surface area (Å²) in [5, 5.41) is 18.3. The molecule has 1 atom stereocenters. The van der Waals surface area contributed by atoms with Gasteiger partial charge in [-0.25, -0.2) is 0 Å². The van der Waals surface area contributed by atoms with Crippen LogP contribution in [0.3, 0.4) is 0 Å². The van der Waals surface area contributed by atoms with Crippen LogP contribution in [0.15, 0.2) is 48.5 Å². The Kier molecular flexibility index (Phi) is 5.19. The maximum atomic E-state index is 9.35. The average Bonchev–Trinajstić information content (AvgIpc) is 2.48. The predicted molar refractivity (Wildman–Crippen MR) is 78.8 cm³/mol. The third-order valence-corrected chi connectivity index (χ3v) is 2.88. The lowest BCUT2D eigenvalue weighted by Gasteiger charge is -2.16. The van der Waals surface area contributed by atoms with Crippen molar-refractivity contribution in [2.45, 2.75) is 26.2 Å². The van der Waals surface area contributed by atoms with Crippen LogP contribution < -0.4 is 9.47 Å². The Balaban J connectivity index is 2.20. The standard InChI is InChI=1S/C17H17NO3/c1-13(19)21-17-9-5-8-16(15(17)10-11-18)20-12-14-6-3-2-4-7-14/h2-9,13,19H,10,12H2,1H3. The number of nitrogens with zero attached hydrogens (tertiary/aromatic N) is 1. The Morgan fingerprint density at radius 3 is 2.48 bits per heavy atom. The van der Waals surface area contributed by atoms with Gasteiger partial charge in [-0.2, -0.15) is 5.26 Å². The number of hydrogen-bond acceptors (Lipinski definition) is 4. The summed E-state index contributed by atoms with van der Waals surface area (Å²) in [5.41, 5.74) is 1.69. The SMILES string of the molecule is CC(O)Oc1cccc(OCc2ccccc2)c1CC#N. The van der Waals surface area contributed by atoms with Gasteiger partial charge < -0.3 is 14.6 Å². The first kappa shape index (κ1) is 14.9. The summed E-state index contributed by atoms with van der Waals surface area (Å²) < 4.78 is 11.1. The van der Waals surface area contributed by atoms with Crippen molar-refractivity contribution < 1.29 is 14.6 Å². The summed E-state index contributed by atoms with van der Waals surface area (Å²) in [7, 11) is 0. The van der Waals surface area contributed by atoms with E-state index in [1.54, 1.807) is 18.2 Å². The van der Waals surface area contributed by atoms with Gasteiger partial charge in [0.15, 0.2) is 6.29 Å². The van der Waals surface area contributed by atoms with E-state index >= 15 is 0 Å². The summed E-state index contributed by atoms with van der Waals surface area (Å²) in [6, 6.07) is 17.2. The molecule has 108 valence electrons. The Morgan fingerprint density at radius 2 is 1.81 bits per heavy atom. The van der Waals surface area contributed by atoms with E-state index in [9.17, 15) is 5.11 Å². The van der Waals surface area contributed by atoms with Gasteiger partial charge in [0.25, 0.3) is 0 Å². The summed E-state index contributed by atoms with van der Waals surface area (Å²) in [6.45, 7) is 1.94. The van der Waals surface area contributed by atoms with Crippen LogP contribution in [0.2, 0.25) is 0 Å². The van der Waals surface area contributed by atoms with Crippen molar-refractivity contribution in [2.24, 2.45) is 0 Å². The molecule has 2 rings (SSSR count). The number of aliphatic hydroxyl groups is 1. The molecule has 0 heterocycles. The van der Waals surface area contributed by atoms with Crippen molar-refractivity contribution in [1.82, 2.24) is 0 Å². The van der Waals surface area contributed by atoms with Crippen molar-refractivity contribution in [2.75, 3.05) is 0 Å². The van der Waals surface area contributed by atoms with Crippen LogP contribution in [0, 0.1) is 11.3 Å². The van der Waals surface area contributed by atoms with Crippen molar-refractivity contribution >= 4 is 0 Å². The second-order valence-corrected chi connectivity index (χ2v) is 4.56. The number of aliphatic hydroxyl groups excluding tert-OH is 1. The van der Waals surface area contributed by atoms with Gasteiger partial charge in [-0.05, 0) is 24.6 Å². The van der Waals surface area contributed by atoms with E-state index in [1.165, 1.54) is 6.92 Å². The fraction of sp³-hybridized carbons (Fsp3) is 0.235. The van der Waals surface area contributed by atoms with E-state index in [0.717, 1.165) is 5.56 Å². The molecule has 0 amide bonds. The van der Waals surface area contributed by atoms with Crippen LogP contribution in [-0.2, 0) is 13.0 Å². The highest BCUT2D eigenvalue weighted by molar-refractivity contribution is 5.46. The smallest absolute Gasteiger partial charge is 0.194 e. The largest absolute Gasteiger partial charge is 0.488 e. The zero-order chi connectivity index (χ0) is 15.1. The molecule has 1 unspecified atom stereocenters. The summed E-state index contributed by atoms with van der Waals surface area (Å²) in [4.78, 5) is 0. The monoisotopic (exact) mass is 283 g/mol. The number of hydrogen-bond donors (Lipinski definition) is 1. The molecule has 0 fully saturated rings. The van der Waals surface area contributed by atoms with Crippen LogP contribution in [-0.4, -0.2) is 11.4 Å². The molecule has 0 aliphatic rings. The van der Waals surface area contributed by atoms with E-state index in [4.69, 9.17) is 14.7 Å². The number of benzene rings is 2. The minimum Gasteiger partial charge on any atom is -0.488 e. The molecule has 0 spiro atoms. The van der Waals surface area contributed by atoms with Crippen LogP contribution in [0.1, 0.15) is 18.1 Å². The zero-order valence-electron chi connectivity index (χ0n) is 11.8. The lowest BCUT2D eigenvalue weighted by molar-refractivity contribution is -0.00109. The quantitative estimate of drug-likeness (QED) is 0.828. The van der Waals surface area contributed by atoms with Crippen LogP contribution in [0.25, 0.3) is 0 Å². The molecule has 0 radical (unpaired) electrons. The third kappa shape index (κ3) is 4.23. The molecule has 0 aromatic heterocycles. The fourth-order valence-corrected chi connectivity index (χ4v) is 1.96. The average molecular weight is 283 g/mol. The number of ether oxygens (including phenoxy) is 2. The highest BCUT2D eigenvalue weighted by Gasteiger charge is 2.12. The van der Waals surface area contributed by atoms with Gasteiger partial charge in [0.2, 0.25) is 0 Å². The number of rotatable bonds is 6. The molecule has 0 saturated heterocycles. The maximum Gasteiger partial charge on any atom is 0.194 e. The highest BCUT2D eigenvalue weighted by Crippen LogP contribution is 2.30. The molecular formula is C17H17NO3. The molecule has 0 aliphatic heterocycles. The molecule has 4 heteroatoms. The van der Waals surface area contributed by atoms with Gasteiger partial charge in [0, 0.05) is 0 Å². The Hall–Kier alpha value is -2.51. The van der Waals surface area contributed by atoms with E-state index in [1.807, 2.05) is 30.3 Å². The summed E-state index contributed by atoms with van der Waals surface area (Å²) >= 11 is 0. The first-order valence-electron chi connectivity index (χ1n) is 6.71. The minimum atomic E-state index is -0.938. The van der Waals surface area contributed by atoms with Crippen molar-refractivity contribution in [3.63, 3.8) is 0 Å².